The van der Waals surface area contributed by atoms with Gasteiger partial charge in [-0.2, -0.15) is 0 Å². The quantitative estimate of drug-likeness (QED) is 0.926. The predicted octanol–water partition coefficient (Wildman–Crippen LogP) is 2.43. The number of nitrogens with zero attached hydrogens (tertiary/aromatic N) is 1. The molecule has 2 aromatic rings. The van der Waals surface area contributed by atoms with Crippen molar-refractivity contribution in [1.82, 2.24) is 0 Å². The molecular formula is C16H13FN2O3. The average molecular weight is 300 g/mol. The van der Waals surface area contributed by atoms with E-state index in [0.29, 0.717) is 17.1 Å². The van der Waals surface area contributed by atoms with E-state index in [1.807, 2.05) is 0 Å². The fourth-order valence-corrected chi connectivity index (χ4v) is 2.19. The molecule has 0 saturated heterocycles. The van der Waals surface area contributed by atoms with E-state index in [9.17, 15) is 14.0 Å². The van der Waals surface area contributed by atoms with Crippen molar-refractivity contribution < 1.29 is 18.7 Å². The van der Waals surface area contributed by atoms with Crippen molar-refractivity contribution in [3.05, 3.63) is 53.8 Å². The normalized spacial score (nSPS) is 13.4. The number of amides is 2. The largest absolute Gasteiger partial charge is 0.481 e. The van der Waals surface area contributed by atoms with E-state index in [-0.39, 0.29) is 18.1 Å². The number of nitrogens with one attached hydrogen (secondary N) is 1. The molecule has 5 nitrogen and oxygen atoms in total. The summed E-state index contributed by atoms with van der Waals surface area (Å²) in [5, 5.41) is 2.67. The van der Waals surface area contributed by atoms with Crippen LogP contribution in [-0.2, 0) is 4.79 Å². The van der Waals surface area contributed by atoms with Crippen LogP contribution in [0.25, 0.3) is 0 Å². The molecule has 0 radical (unpaired) electrons. The first kappa shape index (κ1) is 14.1. The van der Waals surface area contributed by atoms with Crippen LogP contribution in [0.3, 0.4) is 0 Å². The minimum Gasteiger partial charge on any atom is -0.481 e. The highest BCUT2D eigenvalue weighted by molar-refractivity contribution is 6.05. The van der Waals surface area contributed by atoms with Crippen LogP contribution in [0.15, 0.2) is 42.5 Å². The molecule has 0 fully saturated rings. The summed E-state index contributed by atoms with van der Waals surface area (Å²) in [6, 6.07) is 10.4. The maximum atomic E-state index is 13.1. The van der Waals surface area contributed by atoms with Gasteiger partial charge in [-0.3, -0.25) is 9.59 Å². The summed E-state index contributed by atoms with van der Waals surface area (Å²) in [7, 11) is 1.66. The van der Waals surface area contributed by atoms with Crippen LogP contribution < -0.4 is 15.0 Å². The smallest absolute Gasteiger partial charge is 0.264 e. The molecule has 1 aliphatic heterocycles. The van der Waals surface area contributed by atoms with Crippen molar-refractivity contribution in [2.24, 2.45) is 0 Å². The molecule has 0 atom stereocenters. The zero-order chi connectivity index (χ0) is 15.7. The van der Waals surface area contributed by atoms with Crippen LogP contribution >= 0.6 is 0 Å². The summed E-state index contributed by atoms with van der Waals surface area (Å²) >= 11 is 0. The number of ether oxygens (including phenoxy) is 1. The molecular weight excluding hydrogens is 287 g/mol. The summed E-state index contributed by atoms with van der Waals surface area (Å²) in [5.74, 6) is -0.510. The fourth-order valence-electron chi connectivity index (χ4n) is 2.19. The standard InChI is InChI=1S/C16H13FN2O3/c1-19-13-6-5-12(8-14(13)22-9-15(19)20)18-16(21)10-3-2-4-11(17)7-10/h2-8H,9H2,1H3,(H,18,21). The first-order valence-corrected chi connectivity index (χ1v) is 6.65. The first-order chi connectivity index (χ1) is 10.5. The van der Waals surface area contributed by atoms with Gasteiger partial charge in [-0.25, -0.2) is 4.39 Å². The van der Waals surface area contributed by atoms with Gasteiger partial charge in [0, 0.05) is 24.4 Å². The number of benzene rings is 2. The van der Waals surface area contributed by atoms with Crippen molar-refractivity contribution in [2.75, 3.05) is 23.9 Å². The highest BCUT2D eigenvalue weighted by Gasteiger charge is 2.22. The van der Waals surface area contributed by atoms with Gasteiger partial charge in [0.15, 0.2) is 6.61 Å². The van der Waals surface area contributed by atoms with Crippen LogP contribution in [0.2, 0.25) is 0 Å². The molecule has 0 saturated carbocycles. The van der Waals surface area contributed by atoms with E-state index in [4.69, 9.17) is 4.74 Å². The molecule has 3 rings (SSSR count). The van der Waals surface area contributed by atoms with Gasteiger partial charge in [-0.15, -0.1) is 0 Å². The molecule has 0 bridgehead atoms. The minimum atomic E-state index is -0.471. The highest BCUT2D eigenvalue weighted by atomic mass is 19.1. The monoisotopic (exact) mass is 300 g/mol. The molecule has 0 unspecified atom stereocenters. The number of likely N-dealkylation sites (N-methyl/N-ethyl adjacent to an activating group) is 1. The van der Waals surface area contributed by atoms with Crippen molar-refractivity contribution in [2.45, 2.75) is 0 Å². The predicted molar refractivity (Wildman–Crippen MR) is 79.7 cm³/mol. The summed E-state index contributed by atoms with van der Waals surface area (Å²) in [6.45, 7) is -0.0369. The third-order valence-electron chi connectivity index (χ3n) is 3.39. The Morgan fingerprint density at radius 2 is 2.09 bits per heavy atom. The summed E-state index contributed by atoms with van der Waals surface area (Å²) in [5.41, 5.74) is 1.38. The number of rotatable bonds is 2. The summed E-state index contributed by atoms with van der Waals surface area (Å²) in [6.07, 6.45) is 0. The first-order valence-electron chi connectivity index (χ1n) is 6.65. The zero-order valence-corrected chi connectivity index (χ0v) is 11.8. The third-order valence-corrected chi connectivity index (χ3v) is 3.39. The second-order valence-corrected chi connectivity index (χ2v) is 4.89. The van der Waals surface area contributed by atoms with Crippen molar-refractivity contribution in [1.29, 1.82) is 0 Å². The highest BCUT2D eigenvalue weighted by Crippen LogP contribution is 2.33. The molecule has 0 aliphatic carbocycles. The van der Waals surface area contributed by atoms with E-state index >= 15 is 0 Å². The van der Waals surface area contributed by atoms with Crippen molar-refractivity contribution in [3.8, 4) is 5.75 Å². The maximum Gasteiger partial charge on any atom is 0.264 e. The fraction of sp³-hybridized carbons (Fsp3) is 0.125. The topological polar surface area (TPSA) is 58.6 Å². The molecule has 0 aromatic heterocycles. The van der Waals surface area contributed by atoms with Gasteiger partial charge in [-0.1, -0.05) is 6.07 Å². The van der Waals surface area contributed by atoms with Gasteiger partial charge in [0.1, 0.15) is 11.6 Å². The second-order valence-electron chi connectivity index (χ2n) is 4.89. The molecule has 1 N–H and O–H groups in total. The average Bonchev–Trinajstić information content (AvgIpc) is 2.51. The molecule has 6 heteroatoms. The summed E-state index contributed by atoms with van der Waals surface area (Å²) in [4.78, 5) is 25.1. The molecule has 0 spiro atoms. The lowest BCUT2D eigenvalue weighted by Crippen LogP contribution is -2.35. The molecule has 2 aromatic carbocycles. The minimum absolute atomic E-state index is 0.0369. The number of fused-ring (bicyclic) bond motifs is 1. The Labute approximate surface area is 126 Å². The SMILES string of the molecule is CN1C(=O)COc2cc(NC(=O)c3cccc(F)c3)ccc21. The lowest BCUT2D eigenvalue weighted by atomic mass is 10.2. The van der Waals surface area contributed by atoms with Crippen LogP contribution in [0.1, 0.15) is 10.4 Å². The summed E-state index contributed by atoms with van der Waals surface area (Å²) < 4.78 is 18.5. The molecule has 22 heavy (non-hydrogen) atoms. The number of hydrogen-bond donors (Lipinski definition) is 1. The van der Waals surface area contributed by atoms with Gasteiger partial charge in [0.05, 0.1) is 5.69 Å². The van der Waals surface area contributed by atoms with E-state index in [0.717, 1.165) is 6.07 Å². The molecule has 112 valence electrons. The molecule has 1 aliphatic rings. The number of carbonyl (C=O) groups excluding carboxylic acids is 2. The number of hydrogen-bond acceptors (Lipinski definition) is 3. The van der Waals surface area contributed by atoms with E-state index in [1.54, 1.807) is 25.2 Å². The lowest BCUT2D eigenvalue weighted by molar-refractivity contribution is -0.120. The van der Waals surface area contributed by atoms with Crippen molar-refractivity contribution >= 4 is 23.2 Å². The van der Waals surface area contributed by atoms with Crippen LogP contribution in [-0.4, -0.2) is 25.5 Å². The van der Waals surface area contributed by atoms with Crippen molar-refractivity contribution in [3.63, 3.8) is 0 Å². The van der Waals surface area contributed by atoms with Crippen LogP contribution in [0.4, 0.5) is 15.8 Å². The van der Waals surface area contributed by atoms with Crippen LogP contribution in [0, 0.1) is 5.82 Å². The zero-order valence-electron chi connectivity index (χ0n) is 11.8. The van der Waals surface area contributed by atoms with E-state index in [2.05, 4.69) is 5.32 Å². The van der Waals surface area contributed by atoms with Gasteiger partial charge >= 0.3 is 0 Å². The Balaban J connectivity index is 1.82. The second kappa shape index (κ2) is 5.48. The van der Waals surface area contributed by atoms with Gasteiger partial charge in [0.2, 0.25) is 0 Å². The Bertz CT molecular complexity index is 761. The number of anilines is 2. The van der Waals surface area contributed by atoms with Gasteiger partial charge < -0.3 is 15.0 Å². The van der Waals surface area contributed by atoms with Gasteiger partial charge in [0.25, 0.3) is 11.8 Å². The maximum absolute atomic E-state index is 13.1. The number of halogens is 1. The Morgan fingerprint density at radius 3 is 2.86 bits per heavy atom. The molecule has 1 heterocycles. The van der Waals surface area contributed by atoms with E-state index in [1.165, 1.54) is 23.1 Å². The lowest BCUT2D eigenvalue weighted by Gasteiger charge is -2.26. The number of carbonyl (C=O) groups is 2. The Morgan fingerprint density at radius 1 is 1.27 bits per heavy atom. The third kappa shape index (κ3) is 2.63. The molecule has 2 amide bonds. The van der Waals surface area contributed by atoms with E-state index < -0.39 is 11.7 Å². The Hall–Kier alpha value is -2.89. The van der Waals surface area contributed by atoms with Crippen LogP contribution in [0.5, 0.6) is 5.75 Å². The van der Waals surface area contributed by atoms with Gasteiger partial charge in [-0.05, 0) is 30.3 Å². The Kier molecular flexibility index (Phi) is 3.50.